The molecule has 1 heterocycles. The molecule has 0 radical (unpaired) electrons. The number of ketones is 1. The summed E-state index contributed by atoms with van der Waals surface area (Å²) in [7, 11) is 0. The fourth-order valence-electron chi connectivity index (χ4n) is 3.88. The van der Waals surface area contributed by atoms with Crippen LogP contribution in [0.5, 0.6) is 0 Å². The zero-order valence-electron chi connectivity index (χ0n) is 12.6. The van der Waals surface area contributed by atoms with E-state index in [-0.39, 0.29) is 11.7 Å². The lowest BCUT2D eigenvalue weighted by Crippen LogP contribution is -2.45. The van der Waals surface area contributed by atoms with Crippen LogP contribution in [0.1, 0.15) is 55.3 Å². The van der Waals surface area contributed by atoms with E-state index in [1.165, 1.54) is 38.6 Å². The van der Waals surface area contributed by atoms with Crippen molar-refractivity contribution in [1.29, 1.82) is 0 Å². The van der Waals surface area contributed by atoms with Crippen molar-refractivity contribution in [2.75, 3.05) is 13.1 Å². The van der Waals surface area contributed by atoms with E-state index >= 15 is 0 Å². The first-order valence-corrected chi connectivity index (χ1v) is 8.65. The van der Waals surface area contributed by atoms with Gasteiger partial charge < -0.3 is 0 Å². The van der Waals surface area contributed by atoms with Gasteiger partial charge in [0, 0.05) is 29.1 Å². The predicted octanol–water partition coefficient (Wildman–Crippen LogP) is 4.57. The van der Waals surface area contributed by atoms with Gasteiger partial charge in [-0.3, -0.25) is 9.69 Å². The number of likely N-dealkylation sites (tertiary alicyclic amines) is 1. The highest BCUT2D eigenvalue weighted by Crippen LogP contribution is 2.28. The van der Waals surface area contributed by atoms with Gasteiger partial charge in [-0.15, -0.1) is 0 Å². The Balaban J connectivity index is 1.66. The Morgan fingerprint density at radius 1 is 1.10 bits per heavy atom. The fraction of sp³-hybridized carbons (Fsp3) is 0.611. The smallest absolute Gasteiger partial charge is 0.167 e. The van der Waals surface area contributed by atoms with Gasteiger partial charge in [-0.05, 0) is 44.4 Å². The van der Waals surface area contributed by atoms with E-state index in [1.54, 1.807) is 0 Å². The van der Waals surface area contributed by atoms with Gasteiger partial charge >= 0.3 is 0 Å². The Morgan fingerprint density at radius 3 is 2.67 bits per heavy atom. The van der Waals surface area contributed by atoms with Crippen LogP contribution >= 0.6 is 11.6 Å². The van der Waals surface area contributed by atoms with Crippen LogP contribution in [-0.2, 0) is 0 Å². The third-order valence-electron chi connectivity index (χ3n) is 5.02. The molecule has 1 saturated heterocycles. The zero-order chi connectivity index (χ0) is 14.7. The van der Waals surface area contributed by atoms with Crippen LogP contribution in [0.4, 0.5) is 0 Å². The molecule has 2 nitrogen and oxygen atoms in total. The molecule has 0 bridgehead atoms. The van der Waals surface area contributed by atoms with E-state index in [1.807, 2.05) is 24.3 Å². The maximum Gasteiger partial charge on any atom is 0.167 e. The van der Waals surface area contributed by atoms with Crippen molar-refractivity contribution in [3.63, 3.8) is 0 Å². The average Bonchev–Trinajstić information content (AvgIpc) is 2.55. The molecule has 21 heavy (non-hydrogen) atoms. The number of Topliss-reactive ketones (excluding diaryl/α,β-unsaturated/α-hetero) is 1. The second-order valence-corrected chi connectivity index (χ2v) is 6.94. The molecule has 0 unspecified atom stereocenters. The minimum absolute atomic E-state index is 0.152. The molecule has 1 aromatic rings. The number of halogens is 1. The summed E-state index contributed by atoms with van der Waals surface area (Å²) in [6.07, 6.45) is 8.90. The summed E-state index contributed by atoms with van der Waals surface area (Å²) in [6, 6.07) is 8.12. The highest BCUT2D eigenvalue weighted by atomic mass is 35.5. The van der Waals surface area contributed by atoms with Gasteiger partial charge in [-0.2, -0.15) is 0 Å². The number of nitrogens with zero attached hydrogens (tertiary/aromatic N) is 1. The Kier molecular flexibility index (Phi) is 4.97. The van der Waals surface area contributed by atoms with Gasteiger partial charge in [-0.25, -0.2) is 0 Å². The van der Waals surface area contributed by atoms with Gasteiger partial charge in [0.15, 0.2) is 5.78 Å². The molecule has 1 saturated carbocycles. The normalized spacial score (nSPS) is 24.9. The minimum Gasteiger partial charge on any atom is -0.300 e. The summed E-state index contributed by atoms with van der Waals surface area (Å²) >= 11 is 6.02. The van der Waals surface area contributed by atoms with E-state index < -0.39 is 0 Å². The minimum atomic E-state index is 0.152. The monoisotopic (exact) mass is 305 g/mol. The number of piperidine rings is 1. The van der Waals surface area contributed by atoms with Crippen molar-refractivity contribution >= 4 is 17.4 Å². The Bertz CT molecular complexity index is 496. The molecule has 3 rings (SSSR count). The second kappa shape index (κ2) is 6.93. The first kappa shape index (κ1) is 15.1. The van der Waals surface area contributed by atoms with Crippen LogP contribution in [0.2, 0.25) is 5.02 Å². The van der Waals surface area contributed by atoms with E-state index in [0.717, 1.165) is 24.9 Å². The lowest BCUT2D eigenvalue weighted by molar-refractivity contribution is 0.0698. The van der Waals surface area contributed by atoms with Crippen molar-refractivity contribution in [3.05, 3.63) is 34.9 Å². The van der Waals surface area contributed by atoms with Crippen LogP contribution in [-0.4, -0.2) is 29.8 Å². The first-order valence-electron chi connectivity index (χ1n) is 8.28. The summed E-state index contributed by atoms with van der Waals surface area (Å²) in [5.41, 5.74) is 0.776. The second-order valence-electron chi connectivity index (χ2n) is 6.50. The van der Waals surface area contributed by atoms with Crippen LogP contribution in [0.15, 0.2) is 24.3 Å². The summed E-state index contributed by atoms with van der Waals surface area (Å²) in [4.78, 5) is 15.3. The number of carbonyl (C=O) groups is 1. The molecule has 2 fully saturated rings. The lowest BCUT2D eigenvalue weighted by atomic mass is 9.87. The topological polar surface area (TPSA) is 20.3 Å². The average molecular weight is 306 g/mol. The third-order valence-corrected chi connectivity index (χ3v) is 5.26. The van der Waals surface area contributed by atoms with Gasteiger partial charge in [-0.1, -0.05) is 43.0 Å². The molecule has 0 aromatic heterocycles. The van der Waals surface area contributed by atoms with Crippen LogP contribution in [0.3, 0.4) is 0 Å². The van der Waals surface area contributed by atoms with E-state index in [9.17, 15) is 4.79 Å². The number of benzene rings is 1. The SMILES string of the molecule is O=C(c1cccc(Cl)c1)[C@H]1CCCN(C2CCCCC2)C1. The quantitative estimate of drug-likeness (QED) is 0.763. The molecule has 1 atom stereocenters. The molecule has 0 amide bonds. The lowest BCUT2D eigenvalue weighted by Gasteiger charge is -2.39. The molecule has 2 aliphatic rings. The molecular weight excluding hydrogens is 282 g/mol. The number of hydrogen-bond donors (Lipinski definition) is 0. The van der Waals surface area contributed by atoms with Gasteiger partial charge in [0.25, 0.3) is 0 Å². The van der Waals surface area contributed by atoms with Crippen LogP contribution < -0.4 is 0 Å². The summed E-state index contributed by atoms with van der Waals surface area (Å²) in [5, 5.41) is 0.654. The standard InChI is InChI=1S/C18H24ClNO/c19-16-8-4-6-14(12-16)18(21)15-7-5-11-20(13-15)17-9-2-1-3-10-17/h4,6,8,12,15,17H,1-3,5,7,9-11,13H2/t15-/m0/s1. The third kappa shape index (κ3) is 3.67. The molecule has 0 N–H and O–H groups in total. The van der Waals surface area contributed by atoms with Crippen molar-refractivity contribution in [2.24, 2.45) is 5.92 Å². The maximum atomic E-state index is 12.7. The number of rotatable bonds is 3. The molecule has 0 spiro atoms. The number of carbonyl (C=O) groups excluding carboxylic acids is 1. The van der Waals surface area contributed by atoms with Crippen molar-refractivity contribution in [2.45, 2.75) is 51.0 Å². The summed E-state index contributed by atoms with van der Waals surface area (Å²) in [5.74, 6) is 0.428. The Morgan fingerprint density at radius 2 is 1.90 bits per heavy atom. The molecule has 1 aliphatic carbocycles. The Labute approximate surface area is 132 Å². The van der Waals surface area contributed by atoms with Crippen LogP contribution in [0, 0.1) is 5.92 Å². The van der Waals surface area contributed by atoms with Gasteiger partial charge in [0.05, 0.1) is 0 Å². The van der Waals surface area contributed by atoms with Crippen molar-refractivity contribution in [1.82, 2.24) is 4.90 Å². The highest BCUT2D eigenvalue weighted by molar-refractivity contribution is 6.31. The fourth-order valence-corrected chi connectivity index (χ4v) is 4.07. The van der Waals surface area contributed by atoms with Crippen molar-refractivity contribution in [3.8, 4) is 0 Å². The first-order chi connectivity index (χ1) is 10.2. The highest BCUT2D eigenvalue weighted by Gasteiger charge is 2.30. The maximum absolute atomic E-state index is 12.7. The molecular formula is C18H24ClNO. The predicted molar refractivity (Wildman–Crippen MR) is 87.0 cm³/mol. The van der Waals surface area contributed by atoms with Gasteiger partial charge in [0.1, 0.15) is 0 Å². The largest absolute Gasteiger partial charge is 0.300 e. The molecule has 1 aromatic carbocycles. The van der Waals surface area contributed by atoms with E-state index in [0.29, 0.717) is 11.1 Å². The summed E-state index contributed by atoms with van der Waals surface area (Å²) < 4.78 is 0. The summed E-state index contributed by atoms with van der Waals surface area (Å²) in [6.45, 7) is 2.11. The van der Waals surface area contributed by atoms with Crippen LogP contribution in [0.25, 0.3) is 0 Å². The van der Waals surface area contributed by atoms with Crippen molar-refractivity contribution < 1.29 is 4.79 Å². The Hall–Kier alpha value is -0.860. The number of hydrogen-bond acceptors (Lipinski definition) is 2. The molecule has 3 heteroatoms. The molecule has 1 aliphatic heterocycles. The van der Waals surface area contributed by atoms with E-state index in [4.69, 9.17) is 11.6 Å². The van der Waals surface area contributed by atoms with Gasteiger partial charge in [0.2, 0.25) is 0 Å². The zero-order valence-corrected chi connectivity index (χ0v) is 13.3. The molecule has 114 valence electrons. The van der Waals surface area contributed by atoms with E-state index in [2.05, 4.69) is 4.90 Å².